The number of likely N-dealkylation sites (tertiary alicyclic amines) is 2. The minimum Gasteiger partial charge on any atom is -0.408 e. The molecule has 0 aliphatic carbocycles. The Balaban J connectivity index is 1.47. The van der Waals surface area contributed by atoms with E-state index in [1.165, 1.54) is 25.9 Å². The van der Waals surface area contributed by atoms with Crippen LogP contribution >= 0.6 is 0 Å². The fraction of sp³-hybridized carbons (Fsp3) is 0.611. The van der Waals surface area contributed by atoms with Crippen molar-refractivity contribution in [1.82, 2.24) is 14.4 Å². The third kappa shape index (κ3) is 3.08. The van der Waals surface area contributed by atoms with Gasteiger partial charge in [-0.25, -0.2) is 4.79 Å². The van der Waals surface area contributed by atoms with Gasteiger partial charge in [-0.15, -0.1) is 0 Å². The molecule has 2 saturated heterocycles. The third-order valence-corrected chi connectivity index (χ3v) is 5.30. The summed E-state index contributed by atoms with van der Waals surface area (Å²) in [7, 11) is 0. The lowest BCUT2D eigenvalue weighted by molar-refractivity contribution is 0.156. The molecule has 124 valence electrons. The average molecular weight is 315 g/mol. The predicted octanol–water partition coefficient (Wildman–Crippen LogP) is 2.33. The number of benzene rings is 1. The lowest BCUT2D eigenvalue weighted by atomic mass is 10.1. The molecule has 2 fully saturated rings. The molecule has 1 atom stereocenters. The second-order valence-electron chi connectivity index (χ2n) is 6.85. The van der Waals surface area contributed by atoms with E-state index in [4.69, 9.17) is 4.42 Å². The van der Waals surface area contributed by atoms with Crippen LogP contribution in [0.3, 0.4) is 0 Å². The SMILES string of the molecule is O=c1oc2ccccc2n1[C@H]1CCCN(CCN2CCCC2)C1. The molecule has 2 aromatic rings. The first-order valence-corrected chi connectivity index (χ1v) is 8.86. The van der Waals surface area contributed by atoms with Gasteiger partial charge in [-0.05, 0) is 57.5 Å². The summed E-state index contributed by atoms with van der Waals surface area (Å²) in [6.07, 6.45) is 4.90. The van der Waals surface area contributed by atoms with Crippen molar-refractivity contribution in [1.29, 1.82) is 0 Å². The van der Waals surface area contributed by atoms with Crippen molar-refractivity contribution in [3.8, 4) is 0 Å². The first kappa shape index (κ1) is 15.0. The van der Waals surface area contributed by atoms with Crippen LogP contribution in [0.15, 0.2) is 33.5 Å². The molecule has 5 nitrogen and oxygen atoms in total. The van der Waals surface area contributed by atoms with E-state index >= 15 is 0 Å². The molecular weight excluding hydrogens is 290 g/mol. The van der Waals surface area contributed by atoms with Gasteiger partial charge in [0.15, 0.2) is 5.58 Å². The van der Waals surface area contributed by atoms with Crippen molar-refractivity contribution in [2.45, 2.75) is 31.7 Å². The number of oxazole rings is 1. The molecule has 0 N–H and O–H groups in total. The Hall–Kier alpha value is -1.59. The Kier molecular flexibility index (Phi) is 4.23. The summed E-state index contributed by atoms with van der Waals surface area (Å²) in [4.78, 5) is 17.4. The van der Waals surface area contributed by atoms with Crippen molar-refractivity contribution in [2.75, 3.05) is 39.3 Å². The first-order chi connectivity index (χ1) is 11.3. The Morgan fingerprint density at radius 1 is 1.00 bits per heavy atom. The number of aromatic nitrogens is 1. The van der Waals surface area contributed by atoms with E-state index in [0.717, 1.165) is 44.5 Å². The third-order valence-electron chi connectivity index (χ3n) is 5.30. The van der Waals surface area contributed by atoms with Crippen LogP contribution in [-0.4, -0.2) is 53.6 Å². The Bertz CT molecular complexity index is 714. The Morgan fingerprint density at radius 2 is 1.74 bits per heavy atom. The largest absolute Gasteiger partial charge is 0.420 e. The summed E-state index contributed by atoms with van der Waals surface area (Å²) in [6.45, 7) is 6.88. The number of hydrogen-bond acceptors (Lipinski definition) is 4. The van der Waals surface area contributed by atoms with Gasteiger partial charge in [-0.2, -0.15) is 0 Å². The molecule has 5 heteroatoms. The summed E-state index contributed by atoms with van der Waals surface area (Å²) < 4.78 is 7.28. The highest BCUT2D eigenvalue weighted by molar-refractivity contribution is 5.72. The monoisotopic (exact) mass is 315 g/mol. The molecule has 2 aliphatic rings. The molecule has 0 saturated carbocycles. The van der Waals surface area contributed by atoms with Gasteiger partial charge in [0.1, 0.15) is 0 Å². The molecule has 1 aromatic carbocycles. The van der Waals surface area contributed by atoms with Gasteiger partial charge in [0, 0.05) is 19.6 Å². The van der Waals surface area contributed by atoms with E-state index in [9.17, 15) is 4.79 Å². The van der Waals surface area contributed by atoms with Gasteiger partial charge in [0.25, 0.3) is 0 Å². The molecule has 0 amide bonds. The molecule has 23 heavy (non-hydrogen) atoms. The summed E-state index contributed by atoms with van der Waals surface area (Å²) in [5.41, 5.74) is 1.63. The zero-order valence-corrected chi connectivity index (χ0v) is 13.6. The van der Waals surface area contributed by atoms with Crippen molar-refractivity contribution < 1.29 is 4.42 Å². The maximum atomic E-state index is 12.3. The van der Waals surface area contributed by atoms with E-state index in [0.29, 0.717) is 5.58 Å². The van der Waals surface area contributed by atoms with Crippen LogP contribution < -0.4 is 5.76 Å². The van der Waals surface area contributed by atoms with Crippen molar-refractivity contribution in [3.05, 3.63) is 34.8 Å². The number of nitrogens with zero attached hydrogens (tertiary/aromatic N) is 3. The van der Waals surface area contributed by atoms with Gasteiger partial charge in [-0.1, -0.05) is 12.1 Å². The lowest BCUT2D eigenvalue weighted by Crippen LogP contribution is -2.42. The topological polar surface area (TPSA) is 41.6 Å². The summed E-state index contributed by atoms with van der Waals surface area (Å²) >= 11 is 0. The van der Waals surface area contributed by atoms with E-state index in [-0.39, 0.29) is 11.8 Å². The maximum absolute atomic E-state index is 12.3. The fourth-order valence-electron chi connectivity index (χ4n) is 4.06. The number of fused-ring (bicyclic) bond motifs is 1. The second-order valence-corrected chi connectivity index (χ2v) is 6.85. The number of para-hydroxylation sites is 2. The zero-order valence-electron chi connectivity index (χ0n) is 13.6. The first-order valence-electron chi connectivity index (χ1n) is 8.86. The van der Waals surface area contributed by atoms with Crippen molar-refractivity contribution >= 4 is 11.1 Å². The number of hydrogen-bond donors (Lipinski definition) is 0. The Morgan fingerprint density at radius 3 is 2.61 bits per heavy atom. The lowest BCUT2D eigenvalue weighted by Gasteiger charge is -2.34. The van der Waals surface area contributed by atoms with Crippen molar-refractivity contribution in [3.63, 3.8) is 0 Å². The van der Waals surface area contributed by atoms with Gasteiger partial charge < -0.3 is 14.2 Å². The van der Waals surface area contributed by atoms with Crippen LogP contribution in [0, 0.1) is 0 Å². The fourth-order valence-corrected chi connectivity index (χ4v) is 4.06. The highest BCUT2D eigenvalue weighted by Gasteiger charge is 2.25. The molecule has 0 radical (unpaired) electrons. The van der Waals surface area contributed by atoms with Crippen LogP contribution in [-0.2, 0) is 0 Å². The maximum Gasteiger partial charge on any atom is 0.420 e. The number of rotatable bonds is 4. The molecular formula is C18H25N3O2. The highest BCUT2D eigenvalue weighted by Crippen LogP contribution is 2.24. The summed E-state index contributed by atoms with van der Waals surface area (Å²) in [6, 6.07) is 7.99. The normalized spacial score (nSPS) is 23.7. The smallest absolute Gasteiger partial charge is 0.408 e. The zero-order chi connectivity index (χ0) is 15.6. The quantitative estimate of drug-likeness (QED) is 0.868. The molecule has 3 heterocycles. The summed E-state index contributed by atoms with van der Waals surface area (Å²) in [5, 5.41) is 0. The van der Waals surface area contributed by atoms with Gasteiger partial charge in [-0.3, -0.25) is 4.57 Å². The Labute approximate surface area is 136 Å². The van der Waals surface area contributed by atoms with Crippen molar-refractivity contribution in [2.24, 2.45) is 0 Å². The van der Waals surface area contributed by atoms with E-state index in [2.05, 4.69) is 9.80 Å². The summed E-state index contributed by atoms with van der Waals surface area (Å²) in [5.74, 6) is -0.211. The second kappa shape index (κ2) is 6.49. The average Bonchev–Trinajstić information content (AvgIpc) is 3.19. The molecule has 0 bridgehead atoms. The molecule has 0 unspecified atom stereocenters. The standard InChI is InChI=1S/C18H25N3O2/c22-18-21(16-7-1-2-8-17(16)23-18)15-6-5-11-20(14-15)13-12-19-9-3-4-10-19/h1-2,7-8,15H,3-6,9-14H2/t15-/m0/s1. The molecule has 1 aromatic heterocycles. The molecule has 0 spiro atoms. The van der Waals surface area contributed by atoms with E-state index < -0.39 is 0 Å². The van der Waals surface area contributed by atoms with Gasteiger partial charge in [0.2, 0.25) is 0 Å². The number of piperidine rings is 1. The minimum absolute atomic E-state index is 0.211. The van der Waals surface area contributed by atoms with Crippen LogP contribution in [0.2, 0.25) is 0 Å². The predicted molar refractivity (Wildman–Crippen MR) is 90.9 cm³/mol. The van der Waals surface area contributed by atoms with Crippen LogP contribution in [0.5, 0.6) is 0 Å². The van der Waals surface area contributed by atoms with E-state index in [1.807, 2.05) is 28.8 Å². The van der Waals surface area contributed by atoms with E-state index in [1.54, 1.807) is 0 Å². The molecule has 2 aliphatic heterocycles. The van der Waals surface area contributed by atoms with Crippen LogP contribution in [0.1, 0.15) is 31.7 Å². The highest BCUT2D eigenvalue weighted by atomic mass is 16.4. The van der Waals surface area contributed by atoms with Crippen LogP contribution in [0.4, 0.5) is 0 Å². The van der Waals surface area contributed by atoms with Crippen LogP contribution in [0.25, 0.3) is 11.1 Å². The molecule has 4 rings (SSSR count). The minimum atomic E-state index is -0.211. The van der Waals surface area contributed by atoms with Gasteiger partial charge in [0.05, 0.1) is 11.6 Å². The van der Waals surface area contributed by atoms with Gasteiger partial charge >= 0.3 is 5.76 Å².